The Hall–Kier alpha value is -1.86. The summed E-state index contributed by atoms with van der Waals surface area (Å²) in [7, 11) is 0. The van der Waals surface area contributed by atoms with E-state index in [0.717, 1.165) is 12.2 Å². The molecule has 0 aromatic heterocycles. The van der Waals surface area contributed by atoms with Crippen molar-refractivity contribution in [1.82, 2.24) is 0 Å². The normalized spacial score (nSPS) is 19.8. The molecule has 1 heterocycles. The average molecular weight is 230 g/mol. The summed E-state index contributed by atoms with van der Waals surface area (Å²) in [6, 6.07) is 9.59. The minimum absolute atomic E-state index is 0.0527. The van der Waals surface area contributed by atoms with Crippen LogP contribution in [0.25, 0.3) is 0 Å². The molecular formula is C13H14N2O2. The molecule has 1 aliphatic rings. The van der Waals surface area contributed by atoms with Crippen LogP contribution in [-0.2, 0) is 4.74 Å². The second kappa shape index (κ2) is 4.98. The van der Waals surface area contributed by atoms with Crippen molar-refractivity contribution in [3.8, 4) is 6.07 Å². The van der Waals surface area contributed by atoms with E-state index in [4.69, 9.17) is 10.00 Å². The summed E-state index contributed by atoms with van der Waals surface area (Å²) < 4.78 is 5.29. The van der Waals surface area contributed by atoms with E-state index in [1.165, 1.54) is 0 Å². The van der Waals surface area contributed by atoms with Gasteiger partial charge in [-0.3, -0.25) is 4.79 Å². The van der Waals surface area contributed by atoms with E-state index >= 15 is 0 Å². The smallest absolute Gasteiger partial charge is 0.161 e. The lowest BCUT2D eigenvalue weighted by atomic mass is 10.1. The van der Waals surface area contributed by atoms with Crippen LogP contribution in [0.15, 0.2) is 24.3 Å². The largest absolute Gasteiger partial charge is 0.365 e. The first-order valence-electron chi connectivity index (χ1n) is 5.58. The number of benzene rings is 1. The molecule has 1 aromatic carbocycles. The molecule has 0 saturated carbocycles. The van der Waals surface area contributed by atoms with Crippen molar-refractivity contribution in [3.05, 3.63) is 29.8 Å². The summed E-state index contributed by atoms with van der Waals surface area (Å²) in [5, 5.41) is 8.84. The van der Waals surface area contributed by atoms with E-state index in [9.17, 15) is 4.79 Å². The van der Waals surface area contributed by atoms with Gasteiger partial charge in [-0.2, -0.15) is 5.26 Å². The van der Waals surface area contributed by atoms with Gasteiger partial charge in [0, 0.05) is 17.8 Å². The zero-order valence-electron chi connectivity index (χ0n) is 9.72. The third-order valence-electron chi connectivity index (χ3n) is 2.83. The number of nitriles is 1. The third-order valence-corrected chi connectivity index (χ3v) is 2.83. The van der Waals surface area contributed by atoms with Crippen LogP contribution in [0, 0.1) is 11.3 Å². The topological polar surface area (TPSA) is 53.3 Å². The molecule has 17 heavy (non-hydrogen) atoms. The number of hydrogen-bond acceptors (Lipinski definition) is 4. The summed E-state index contributed by atoms with van der Waals surface area (Å²) in [5.41, 5.74) is 1.67. The zero-order chi connectivity index (χ0) is 12.3. The summed E-state index contributed by atoms with van der Waals surface area (Å²) in [4.78, 5) is 13.4. The Balaban J connectivity index is 2.19. The van der Waals surface area contributed by atoms with Crippen molar-refractivity contribution < 1.29 is 9.53 Å². The van der Waals surface area contributed by atoms with E-state index in [1.54, 1.807) is 13.0 Å². The molecule has 0 N–H and O–H groups in total. The van der Waals surface area contributed by atoms with Crippen molar-refractivity contribution in [2.24, 2.45) is 0 Å². The summed E-state index contributed by atoms with van der Waals surface area (Å²) in [6.07, 6.45) is -0.385. The molecule has 1 aromatic rings. The fourth-order valence-corrected chi connectivity index (χ4v) is 1.88. The molecule has 0 bridgehead atoms. The molecule has 2 rings (SSSR count). The maximum atomic E-state index is 11.3. The van der Waals surface area contributed by atoms with Gasteiger partial charge in [-0.1, -0.05) is 12.1 Å². The molecule has 88 valence electrons. The molecule has 1 fully saturated rings. The first-order valence-corrected chi connectivity index (χ1v) is 5.58. The third kappa shape index (κ3) is 2.63. The van der Waals surface area contributed by atoms with Gasteiger partial charge in [0.1, 0.15) is 0 Å². The number of anilines is 1. The Morgan fingerprint density at radius 2 is 2.41 bits per heavy atom. The average Bonchev–Trinajstić information content (AvgIpc) is 2.39. The molecule has 4 heteroatoms. The first kappa shape index (κ1) is 11.6. The van der Waals surface area contributed by atoms with Crippen molar-refractivity contribution in [2.75, 3.05) is 24.6 Å². The molecule has 0 radical (unpaired) electrons. The molecular weight excluding hydrogens is 216 g/mol. The van der Waals surface area contributed by atoms with Gasteiger partial charge in [0.15, 0.2) is 11.9 Å². The Morgan fingerprint density at radius 3 is 3.12 bits per heavy atom. The number of ether oxygens (including phenoxy) is 1. The van der Waals surface area contributed by atoms with Crippen LogP contribution in [0.1, 0.15) is 17.3 Å². The molecule has 0 amide bonds. The minimum Gasteiger partial charge on any atom is -0.365 e. The number of ketones is 1. The predicted molar refractivity (Wildman–Crippen MR) is 64.0 cm³/mol. The van der Waals surface area contributed by atoms with Crippen LogP contribution in [0.5, 0.6) is 0 Å². The highest BCUT2D eigenvalue weighted by Gasteiger charge is 2.20. The highest BCUT2D eigenvalue weighted by molar-refractivity contribution is 5.94. The standard InChI is InChI=1S/C13H14N2O2/c1-10(16)11-3-2-4-12(7-11)15-5-6-17-13(8-14)9-15/h2-4,7,13H,5-6,9H2,1H3. The van der Waals surface area contributed by atoms with Crippen LogP contribution in [0.3, 0.4) is 0 Å². The molecule has 0 aliphatic carbocycles. The molecule has 1 atom stereocenters. The maximum Gasteiger partial charge on any atom is 0.161 e. The number of rotatable bonds is 2. The highest BCUT2D eigenvalue weighted by Crippen LogP contribution is 2.19. The van der Waals surface area contributed by atoms with Gasteiger partial charge in [-0.05, 0) is 19.1 Å². The van der Waals surface area contributed by atoms with Gasteiger partial charge >= 0.3 is 0 Å². The second-order valence-corrected chi connectivity index (χ2v) is 4.04. The number of morpholine rings is 1. The minimum atomic E-state index is -0.385. The lowest BCUT2D eigenvalue weighted by Crippen LogP contribution is -2.41. The van der Waals surface area contributed by atoms with Crippen LogP contribution in [-0.4, -0.2) is 31.6 Å². The molecule has 1 aliphatic heterocycles. The lowest BCUT2D eigenvalue weighted by molar-refractivity contribution is 0.0764. The van der Waals surface area contributed by atoms with Crippen molar-refractivity contribution in [1.29, 1.82) is 5.26 Å². The molecule has 1 unspecified atom stereocenters. The van der Waals surface area contributed by atoms with Crippen molar-refractivity contribution in [3.63, 3.8) is 0 Å². The fourth-order valence-electron chi connectivity index (χ4n) is 1.88. The SMILES string of the molecule is CC(=O)c1cccc(N2CCOC(C#N)C2)c1. The second-order valence-electron chi connectivity index (χ2n) is 4.04. The van der Waals surface area contributed by atoms with E-state index < -0.39 is 0 Å². The summed E-state index contributed by atoms with van der Waals surface area (Å²) in [5.74, 6) is 0.0527. The quantitative estimate of drug-likeness (QED) is 0.724. The van der Waals surface area contributed by atoms with Gasteiger partial charge in [-0.15, -0.1) is 0 Å². The van der Waals surface area contributed by atoms with Gasteiger partial charge in [0.25, 0.3) is 0 Å². The number of carbonyl (C=O) groups is 1. The van der Waals surface area contributed by atoms with Crippen LogP contribution < -0.4 is 4.90 Å². The van der Waals surface area contributed by atoms with Crippen molar-refractivity contribution in [2.45, 2.75) is 13.0 Å². The van der Waals surface area contributed by atoms with E-state index in [-0.39, 0.29) is 11.9 Å². The fraction of sp³-hybridized carbons (Fsp3) is 0.385. The Labute approximate surface area is 100 Å². The monoisotopic (exact) mass is 230 g/mol. The molecule has 4 nitrogen and oxygen atoms in total. The Bertz CT molecular complexity index is 465. The summed E-state index contributed by atoms with van der Waals surface area (Å²) in [6.45, 7) is 3.40. The number of nitrogens with zero attached hydrogens (tertiary/aromatic N) is 2. The first-order chi connectivity index (χ1) is 8.20. The van der Waals surface area contributed by atoms with E-state index in [1.807, 2.05) is 18.2 Å². The van der Waals surface area contributed by atoms with Crippen LogP contribution >= 0.6 is 0 Å². The van der Waals surface area contributed by atoms with E-state index in [2.05, 4.69) is 11.0 Å². The van der Waals surface area contributed by atoms with Crippen molar-refractivity contribution >= 4 is 11.5 Å². The van der Waals surface area contributed by atoms with Gasteiger partial charge in [0.2, 0.25) is 0 Å². The lowest BCUT2D eigenvalue weighted by Gasteiger charge is -2.31. The molecule has 1 saturated heterocycles. The predicted octanol–water partition coefficient (Wildman–Crippen LogP) is 1.62. The number of carbonyl (C=O) groups excluding carboxylic acids is 1. The van der Waals surface area contributed by atoms with E-state index in [0.29, 0.717) is 18.7 Å². The Morgan fingerprint density at radius 1 is 1.59 bits per heavy atom. The van der Waals surface area contributed by atoms with Gasteiger partial charge in [0.05, 0.1) is 19.2 Å². The van der Waals surface area contributed by atoms with Crippen LogP contribution in [0.2, 0.25) is 0 Å². The zero-order valence-corrected chi connectivity index (χ0v) is 9.72. The highest BCUT2D eigenvalue weighted by atomic mass is 16.5. The Kier molecular flexibility index (Phi) is 3.40. The number of Topliss-reactive ketones (excluding diaryl/α,β-unsaturated/α-hetero) is 1. The summed E-state index contributed by atoms with van der Waals surface area (Å²) >= 11 is 0. The maximum absolute atomic E-state index is 11.3. The number of hydrogen-bond donors (Lipinski definition) is 0. The van der Waals surface area contributed by atoms with Gasteiger partial charge in [-0.25, -0.2) is 0 Å². The van der Waals surface area contributed by atoms with Gasteiger partial charge < -0.3 is 9.64 Å². The molecule has 0 spiro atoms. The van der Waals surface area contributed by atoms with Crippen LogP contribution in [0.4, 0.5) is 5.69 Å².